The molecule has 3 aromatic heterocycles. The van der Waals surface area contributed by atoms with Gasteiger partial charge in [0.05, 0.1) is 37.0 Å². The highest BCUT2D eigenvalue weighted by Gasteiger charge is 2.46. The molecule has 178 valence electrons. The van der Waals surface area contributed by atoms with E-state index in [-0.39, 0.29) is 13.0 Å². The highest BCUT2D eigenvalue weighted by atomic mass is 16.6. The number of hydrogen-bond donors (Lipinski definition) is 2. The molecule has 3 aromatic rings. The molecular formula is C23H27N7O4. The van der Waals surface area contributed by atoms with Crippen LogP contribution >= 0.6 is 0 Å². The smallest absolute Gasteiger partial charge is 0.408 e. The Hall–Kier alpha value is -4.02. The van der Waals surface area contributed by atoms with Gasteiger partial charge >= 0.3 is 6.09 Å². The lowest BCUT2D eigenvalue weighted by molar-refractivity contribution is -0.123. The summed E-state index contributed by atoms with van der Waals surface area (Å²) in [5.74, 6) is 0.856. The van der Waals surface area contributed by atoms with Crippen molar-refractivity contribution in [3.63, 3.8) is 0 Å². The number of fused-ring (bicyclic) bond motifs is 1. The molecule has 0 saturated carbocycles. The number of methoxy groups -OCH3 is 1. The van der Waals surface area contributed by atoms with Gasteiger partial charge in [0.1, 0.15) is 22.7 Å². The average Bonchev–Trinajstić information content (AvgIpc) is 3.22. The van der Waals surface area contributed by atoms with Crippen LogP contribution in [0.2, 0.25) is 0 Å². The molecule has 3 N–H and O–H groups in total. The van der Waals surface area contributed by atoms with Crippen molar-refractivity contribution in [2.45, 2.75) is 38.3 Å². The first kappa shape index (κ1) is 23.1. The number of pyridine rings is 2. The first-order valence-electron chi connectivity index (χ1n) is 10.8. The molecule has 0 aliphatic carbocycles. The van der Waals surface area contributed by atoms with E-state index in [1.54, 1.807) is 64.8 Å². The minimum absolute atomic E-state index is 0.106. The lowest BCUT2D eigenvalue weighted by Crippen LogP contribution is -2.59. The zero-order chi connectivity index (χ0) is 24.5. The van der Waals surface area contributed by atoms with Crippen LogP contribution in [0.5, 0.6) is 5.75 Å². The molecule has 0 bridgehead atoms. The lowest BCUT2D eigenvalue weighted by Gasteiger charge is -2.29. The van der Waals surface area contributed by atoms with Crippen molar-refractivity contribution >= 4 is 28.7 Å². The number of carbonyl (C=O) groups excluding carboxylic acids is 2. The van der Waals surface area contributed by atoms with Crippen LogP contribution in [0, 0.1) is 0 Å². The first-order valence-corrected chi connectivity index (χ1v) is 10.8. The van der Waals surface area contributed by atoms with Crippen molar-refractivity contribution < 1.29 is 19.1 Å². The number of alkyl carbamates (subject to hydrolysis) is 1. The summed E-state index contributed by atoms with van der Waals surface area (Å²) in [5, 5.41) is 3.34. The Morgan fingerprint density at radius 1 is 1.15 bits per heavy atom. The van der Waals surface area contributed by atoms with Crippen LogP contribution in [0.15, 0.2) is 36.9 Å². The molecule has 1 aliphatic heterocycles. The molecule has 1 unspecified atom stereocenters. The van der Waals surface area contributed by atoms with Crippen molar-refractivity contribution in [3.8, 4) is 17.1 Å². The molecule has 0 radical (unpaired) electrons. The third kappa shape index (κ3) is 4.54. The van der Waals surface area contributed by atoms with Gasteiger partial charge in [0, 0.05) is 24.5 Å². The second kappa shape index (κ2) is 8.73. The highest BCUT2D eigenvalue weighted by Crippen LogP contribution is 2.36. The molecule has 4 rings (SSSR count). The number of aromatic nitrogens is 4. The Morgan fingerprint density at radius 2 is 1.88 bits per heavy atom. The predicted molar refractivity (Wildman–Crippen MR) is 125 cm³/mol. The number of nitrogens with two attached hydrogens (primary N) is 1. The van der Waals surface area contributed by atoms with Gasteiger partial charge in [-0.05, 0) is 39.3 Å². The number of anilines is 1. The second-order valence-corrected chi connectivity index (χ2v) is 9.09. The summed E-state index contributed by atoms with van der Waals surface area (Å²) in [5.41, 5.74) is 5.07. The maximum absolute atomic E-state index is 12.5. The van der Waals surface area contributed by atoms with Crippen LogP contribution in [0.4, 0.5) is 10.6 Å². The SMILES string of the molecule is COc1cncc2nc(-c3ccncc3)nc(N3CCC(NC(=O)OC(C)(C)C)(C(N)=O)C3)c12. The maximum Gasteiger partial charge on any atom is 0.408 e. The molecule has 11 nitrogen and oxygen atoms in total. The van der Waals surface area contributed by atoms with Gasteiger partial charge in [0.25, 0.3) is 0 Å². The van der Waals surface area contributed by atoms with E-state index >= 15 is 0 Å². The van der Waals surface area contributed by atoms with E-state index in [9.17, 15) is 9.59 Å². The number of nitrogens with zero attached hydrogens (tertiary/aromatic N) is 5. The molecule has 34 heavy (non-hydrogen) atoms. The van der Waals surface area contributed by atoms with Gasteiger partial charge in [-0.25, -0.2) is 14.8 Å². The molecule has 1 saturated heterocycles. The molecule has 2 amide bonds. The molecule has 11 heteroatoms. The van der Waals surface area contributed by atoms with Crippen LogP contribution in [0.3, 0.4) is 0 Å². The van der Waals surface area contributed by atoms with Crippen LogP contribution < -0.4 is 20.7 Å². The summed E-state index contributed by atoms with van der Waals surface area (Å²) in [6.07, 6.45) is 6.10. The largest absolute Gasteiger partial charge is 0.494 e. The van der Waals surface area contributed by atoms with E-state index in [2.05, 4.69) is 20.3 Å². The molecule has 1 fully saturated rings. The highest BCUT2D eigenvalue weighted by molar-refractivity contribution is 5.97. The van der Waals surface area contributed by atoms with Crippen LogP contribution in [-0.4, -0.2) is 63.3 Å². The molecule has 1 aliphatic rings. The lowest BCUT2D eigenvalue weighted by atomic mass is 9.98. The quantitative estimate of drug-likeness (QED) is 0.578. The molecule has 4 heterocycles. The number of primary amides is 1. The average molecular weight is 466 g/mol. The van der Waals surface area contributed by atoms with Crippen LogP contribution in [-0.2, 0) is 9.53 Å². The van der Waals surface area contributed by atoms with Crippen molar-refractivity contribution in [3.05, 3.63) is 36.9 Å². The molecule has 0 aromatic carbocycles. The fraction of sp³-hybridized carbons (Fsp3) is 0.391. The molecular weight excluding hydrogens is 438 g/mol. The fourth-order valence-corrected chi connectivity index (χ4v) is 3.90. The van der Waals surface area contributed by atoms with Crippen molar-refractivity contribution in [2.24, 2.45) is 5.73 Å². The normalized spacial score (nSPS) is 18.1. The second-order valence-electron chi connectivity index (χ2n) is 9.09. The number of ether oxygens (including phenoxy) is 2. The minimum atomic E-state index is -1.32. The van der Waals surface area contributed by atoms with Crippen LogP contribution in [0.1, 0.15) is 27.2 Å². The van der Waals surface area contributed by atoms with Gasteiger partial charge in [-0.1, -0.05) is 0 Å². The number of hydrogen-bond acceptors (Lipinski definition) is 9. The summed E-state index contributed by atoms with van der Waals surface area (Å²) in [4.78, 5) is 44.7. The topological polar surface area (TPSA) is 145 Å². The summed E-state index contributed by atoms with van der Waals surface area (Å²) >= 11 is 0. The summed E-state index contributed by atoms with van der Waals surface area (Å²) in [6, 6.07) is 3.61. The van der Waals surface area contributed by atoms with E-state index < -0.39 is 23.1 Å². The van der Waals surface area contributed by atoms with E-state index in [0.717, 1.165) is 5.56 Å². The Balaban J connectivity index is 1.77. The minimum Gasteiger partial charge on any atom is -0.494 e. The molecule has 1 atom stereocenters. The van der Waals surface area contributed by atoms with Crippen molar-refractivity contribution in [1.29, 1.82) is 0 Å². The van der Waals surface area contributed by atoms with Gasteiger partial charge in [-0.3, -0.25) is 14.8 Å². The number of nitrogens with one attached hydrogen (secondary N) is 1. The van der Waals surface area contributed by atoms with E-state index in [1.165, 1.54) is 0 Å². The zero-order valence-corrected chi connectivity index (χ0v) is 19.5. The van der Waals surface area contributed by atoms with E-state index in [0.29, 0.717) is 34.8 Å². The van der Waals surface area contributed by atoms with Gasteiger partial charge in [-0.15, -0.1) is 0 Å². The van der Waals surface area contributed by atoms with Gasteiger partial charge in [-0.2, -0.15) is 0 Å². The Labute approximate surface area is 196 Å². The Kier molecular flexibility index (Phi) is 5.94. The summed E-state index contributed by atoms with van der Waals surface area (Å²) in [6.45, 7) is 5.76. The standard InChI is InChI=1S/C23H27N7O4/c1-22(2,3)34-21(32)29-23(20(24)31)7-10-30(13-23)19-17-15(11-26-12-16(17)33-4)27-18(28-19)14-5-8-25-9-6-14/h5-6,8-9,11-12H,7,10,13H2,1-4H3,(H2,24,31)(H,29,32). The Morgan fingerprint density at radius 3 is 2.53 bits per heavy atom. The fourth-order valence-electron chi connectivity index (χ4n) is 3.90. The summed E-state index contributed by atoms with van der Waals surface area (Å²) in [7, 11) is 1.54. The van der Waals surface area contributed by atoms with Gasteiger partial charge < -0.3 is 25.4 Å². The Bertz CT molecular complexity index is 1230. The summed E-state index contributed by atoms with van der Waals surface area (Å²) < 4.78 is 10.9. The van der Waals surface area contributed by atoms with Crippen molar-refractivity contribution in [2.75, 3.05) is 25.1 Å². The number of rotatable bonds is 5. The monoisotopic (exact) mass is 465 g/mol. The maximum atomic E-state index is 12.5. The third-order valence-electron chi connectivity index (χ3n) is 5.49. The first-order chi connectivity index (χ1) is 16.1. The number of amides is 2. The van der Waals surface area contributed by atoms with Gasteiger partial charge in [0.2, 0.25) is 5.91 Å². The van der Waals surface area contributed by atoms with Crippen molar-refractivity contribution in [1.82, 2.24) is 25.3 Å². The van der Waals surface area contributed by atoms with Crippen LogP contribution in [0.25, 0.3) is 22.3 Å². The zero-order valence-electron chi connectivity index (χ0n) is 19.5. The van der Waals surface area contributed by atoms with E-state index in [1.807, 2.05) is 4.90 Å². The predicted octanol–water partition coefficient (Wildman–Crippen LogP) is 2.05. The molecule has 0 spiro atoms. The number of carbonyl (C=O) groups is 2. The van der Waals surface area contributed by atoms with E-state index in [4.69, 9.17) is 20.2 Å². The third-order valence-corrected chi connectivity index (χ3v) is 5.49. The van der Waals surface area contributed by atoms with Gasteiger partial charge in [0.15, 0.2) is 5.82 Å².